The zero-order valence-corrected chi connectivity index (χ0v) is 26.0. The molecule has 0 fully saturated rings. The number of ether oxygens (including phenoxy) is 3. The molecule has 0 radical (unpaired) electrons. The number of halogens is 1. The number of hydrogen-bond acceptors (Lipinski definition) is 7. The molecular weight excluding hydrogens is 563 g/mol. The second kappa shape index (κ2) is 14.2. The molecule has 2 aromatic heterocycles. The highest BCUT2D eigenvalue weighted by molar-refractivity contribution is 6.00. The SMILES string of the molecule is CCOC(=O)c1c(-c2ccc(OCc3ccc(C(C)C)cc3)cc2)c(-c2ccncc2F)nn1CCNC(=O)OC(C)(C)C. The Hall–Kier alpha value is -4.73. The van der Waals surface area contributed by atoms with Crippen LogP contribution in [0.25, 0.3) is 22.4 Å². The normalized spacial score (nSPS) is 11.4. The molecule has 0 saturated heterocycles. The van der Waals surface area contributed by atoms with Crippen molar-refractivity contribution < 1.29 is 28.2 Å². The molecule has 10 heteroatoms. The van der Waals surface area contributed by atoms with E-state index in [0.717, 1.165) is 11.8 Å². The third-order valence-electron chi connectivity index (χ3n) is 6.64. The Balaban J connectivity index is 1.66. The molecular formula is C34H39FN4O5. The van der Waals surface area contributed by atoms with E-state index in [1.807, 2.05) is 0 Å². The second-order valence-corrected chi connectivity index (χ2v) is 11.5. The summed E-state index contributed by atoms with van der Waals surface area (Å²) in [7, 11) is 0. The molecule has 4 aromatic rings. The van der Waals surface area contributed by atoms with E-state index >= 15 is 4.39 Å². The number of amides is 1. The van der Waals surface area contributed by atoms with Crippen LogP contribution in [-0.2, 0) is 22.6 Å². The van der Waals surface area contributed by atoms with Crippen LogP contribution in [0.4, 0.5) is 9.18 Å². The zero-order valence-electron chi connectivity index (χ0n) is 26.0. The molecule has 44 heavy (non-hydrogen) atoms. The number of esters is 1. The third kappa shape index (κ3) is 8.21. The average molecular weight is 603 g/mol. The van der Waals surface area contributed by atoms with Gasteiger partial charge in [0.1, 0.15) is 23.7 Å². The van der Waals surface area contributed by atoms with E-state index < -0.39 is 23.5 Å². The van der Waals surface area contributed by atoms with Gasteiger partial charge in [0.25, 0.3) is 0 Å². The molecule has 1 amide bonds. The zero-order chi connectivity index (χ0) is 31.9. The highest BCUT2D eigenvalue weighted by Gasteiger charge is 2.28. The smallest absolute Gasteiger partial charge is 0.407 e. The van der Waals surface area contributed by atoms with Gasteiger partial charge in [-0.25, -0.2) is 14.0 Å². The molecule has 2 aromatic carbocycles. The first-order valence-corrected chi connectivity index (χ1v) is 14.6. The number of rotatable bonds is 11. The van der Waals surface area contributed by atoms with Crippen molar-refractivity contribution in [2.75, 3.05) is 13.2 Å². The first-order valence-electron chi connectivity index (χ1n) is 14.6. The Morgan fingerprint density at radius 1 is 1.02 bits per heavy atom. The monoisotopic (exact) mass is 602 g/mol. The molecule has 232 valence electrons. The van der Waals surface area contributed by atoms with Crippen LogP contribution < -0.4 is 10.1 Å². The number of hydrogen-bond donors (Lipinski definition) is 1. The van der Waals surface area contributed by atoms with Crippen molar-refractivity contribution in [3.63, 3.8) is 0 Å². The van der Waals surface area contributed by atoms with Crippen LogP contribution in [-0.4, -0.2) is 45.6 Å². The van der Waals surface area contributed by atoms with E-state index in [0.29, 0.717) is 29.4 Å². The van der Waals surface area contributed by atoms with E-state index in [1.165, 1.54) is 22.5 Å². The lowest BCUT2D eigenvalue weighted by Crippen LogP contribution is -2.34. The van der Waals surface area contributed by atoms with Gasteiger partial charge in [0.15, 0.2) is 11.5 Å². The number of pyridine rings is 1. The molecule has 0 unspecified atom stereocenters. The van der Waals surface area contributed by atoms with Crippen LogP contribution in [0, 0.1) is 5.82 Å². The van der Waals surface area contributed by atoms with Crippen molar-refractivity contribution in [1.29, 1.82) is 0 Å². The number of aromatic nitrogens is 3. The fourth-order valence-electron chi connectivity index (χ4n) is 4.52. The van der Waals surface area contributed by atoms with Crippen molar-refractivity contribution in [3.05, 3.63) is 89.6 Å². The fraction of sp³-hybridized carbons (Fsp3) is 0.353. The number of benzene rings is 2. The van der Waals surface area contributed by atoms with Crippen LogP contribution in [0.15, 0.2) is 67.0 Å². The Kier molecular flexibility index (Phi) is 10.4. The van der Waals surface area contributed by atoms with E-state index in [2.05, 4.69) is 53.5 Å². The van der Waals surface area contributed by atoms with Crippen LogP contribution >= 0.6 is 0 Å². The van der Waals surface area contributed by atoms with Crippen molar-refractivity contribution in [1.82, 2.24) is 20.1 Å². The largest absolute Gasteiger partial charge is 0.489 e. The van der Waals surface area contributed by atoms with Crippen LogP contribution in [0.3, 0.4) is 0 Å². The highest BCUT2D eigenvalue weighted by atomic mass is 19.1. The van der Waals surface area contributed by atoms with Crippen molar-refractivity contribution >= 4 is 12.1 Å². The minimum atomic E-state index is -0.667. The minimum Gasteiger partial charge on any atom is -0.489 e. The van der Waals surface area contributed by atoms with Crippen molar-refractivity contribution in [2.45, 2.75) is 66.2 Å². The molecule has 2 heterocycles. The summed E-state index contributed by atoms with van der Waals surface area (Å²) >= 11 is 0. The molecule has 1 N–H and O–H groups in total. The lowest BCUT2D eigenvalue weighted by molar-refractivity contribution is 0.0513. The van der Waals surface area contributed by atoms with Crippen molar-refractivity contribution in [3.8, 4) is 28.1 Å². The van der Waals surface area contributed by atoms with Gasteiger partial charge < -0.3 is 19.5 Å². The predicted octanol–water partition coefficient (Wildman–Crippen LogP) is 7.16. The topological polar surface area (TPSA) is 105 Å². The summed E-state index contributed by atoms with van der Waals surface area (Å²) in [6.45, 7) is 12.0. The number of carbonyl (C=O) groups is 2. The minimum absolute atomic E-state index is 0.101. The van der Waals surface area contributed by atoms with Crippen LogP contribution in [0.2, 0.25) is 0 Å². The van der Waals surface area contributed by atoms with Crippen LogP contribution in [0.1, 0.15) is 69.1 Å². The Labute approximate surface area is 257 Å². The molecule has 0 aliphatic carbocycles. The molecule has 4 rings (SSSR count). The van der Waals surface area contributed by atoms with E-state index in [-0.39, 0.29) is 36.6 Å². The lowest BCUT2D eigenvalue weighted by atomic mass is 9.99. The lowest BCUT2D eigenvalue weighted by Gasteiger charge is -2.19. The van der Waals surface area contributed by atoms with Gasteiger partial charge in [-0.2, -0.15) is 5.10 Å². The summed E-state index contributed by atoms with van der Waals surface area (Å²) in [6.07, 6.45) is 1.95. The molecule has 9 nitrogen and oxygen atoms in total. The maximum Gasteiger partial charge on any atom is 0.407 e. The van der Waals surface area contributed by atoms with Gasteiger partial charge in [-0.1, -0.05) is 50.2 Å². The first-order chi connectivity index (χ1) is 21.0. The van der Waals surface area contributed by atoms with Gasteiger partial charge in [-0.05, 0) is 68.5 Å². The predicted molar refractivity (Wildman–Crippen MR) is 166 cm³/mol. The van der Waals surface area contributed by atoms with Gasteiger partial charge in [0.2, 0.25) is 0 Å². The summed E-state index contributed by atoms with van der Waals surface area (Å²) in [5.41, 5.74) is 3.18. The highest BCUT2D eigenvalue weighted by Crippen LogP contribution is 2.37. The Morgan fingerprint density at radius 3 is 2.34 bits per heavy atom. The van der Waals surface area contributed by atoms with Gasteiger partial charge in [0.05, 0.1) is 19.3 Å². The summed E-state index contributed by atoms with van der Waals surface area (Å²) < 4.78 is 33.2. The first kappa shape index (κ1) is 32.2. The van der Waals surface area contributed by atoms with E-state index in [9.17, 15) is 9.59 Å². The van der Waals surface area contributed by atoms with Gasteiger partial charge in [-0.3, -0.25) is 9.67 Å². The van der Waals surface area contributed by atoms with Crippen LogP contribution in [0.5, 0.6) is 5.75 Å². The molecule has 0 atom stereocenters. The summed E-state index contributed by atoms with van der Waals surface area (Å²) in [4.78, 5) is 29.4. The molecule has 0 aliphatic rings. The molecule has 0 spiro atoms. The van der Waals surface area contributed by atoms with Crippen molar-refractivity contribution in [2.24, 2.45) is 0 Å². The third-order valence-corrected chi connectivity index (χ3v) is 6.64. The standard InChI is InChI=1S/C34H39FN4O5/c1-7-42-32(40)31-29(25-12-14-26(15-13-25)43-21-23-8-10-24(11-9-23)22(2)3)30(27-16-17-36-20-28(27)35)38-39(31)19-18-37-33(41)44-34(4,5)6/h8-17,20,22H,7,18-19,21H2,1-6H3,(H,37,41). The average Bonchev–Trinajstić information content (AvgIpc) is 3.35. The fourth-order valence-corrected chi connectivity index (χ4v) is 4.52. The number of nitrogens with one attached hydrogen (secondary N) is 1. The summed E-state index contributed by atoms with van der Waals surface area (Å²) in [5, 5.41) is 7.31. The van der Waals surface area contributed by atoms with E-state index in [1.54, 1.807) is 52.0 Å². The quantitative estimate of drug-likeness (QED) is 0.182. The Bertz CT molecular complexity index is 1570. The molecule has 0 bridgehead atoms. The van der Waals surface area contributed by atoms with Gasteiger partial charge in [-0.15, -0.1) is 0 Å². The summed E-state index contributed by atoms with van der Waals surface area (Å²) in [5.74, 6) is -0.139. The van der Waals surface area contributed by atoms with Gasteiger partial charge >= 0.3 is 12.1 Å². The van der Waals surface area contributed by atoms with Gasteiger partial charge in [0, 0.05) is 23.9 Å². The number of alkyl carbamates (subject to hydrolysis) is 1. The number of carbonyl (C=O) groups excluding carboxylic acids is 2. The molecule has 0 aliphatic heterocycles. The molecule has 0 saturated carbocycles. The maximum atomic E-state index is 15.0. The second-order valence-electron chi connectivity index (χ2n) is 11.5. The Morgan fingerprint density at radius 2 is 1.73 bits per heavy atom. The van der Waals surface area contributed by atoms with E-state index in [4.69, 9.17) is 14.2 Å². The maximum absolute atomic E-state index is 15.0. The summed E-state index contributed by atoms with van der Waals surface area (Å²) in [6, 6.07) is 17.0. The number of nitrogens with zero attached hydrogens (tertiary/aromatic N) is 3.